The molecule has 1 atom stereocenters. The van der Waals surface area contributed by atoms with Crippen LogP contribution in [-0.2, 0) is 9.53 Å². The lowest BCUT2D eigenvalue weighted by Crippen LogP contribution is -2.19. The van der Waals surface area contributed by atoms with E-state index in [9.17, 15) is 4.79 Å². The van der Waals surface area contributed by atoms with E-state index in [1.54, 1.807) is 0 Å². The maximum atomic E-state index is 10.2. The zero-order valence-electron chi connectivity index (χ0n) is 4.43. The Morgan fingerprint density at radius 1 is 2.00 bits per heavy atom. The number of aliphatic hydroxyl groups is 1. The fourth-order valence-electron chi connectivity index (χ4n) is 0.202. The van der Waals surface area contributed by atoms with Crippen molar-refractivity contribution in [2.75, 3.05) is 13.7 Å². The second kappa shape index (κ2) is 3.69. The van der Waals surface area contributed by atoms with Gasteiger partial charge in [0.25, 0.3) is 0 Å². The van der Waals surface area contributed by atoms with Crippen LogP contribution >= 0.6 is 11.6 Å². The molecule has 0 aromatic carbocycles. The van der Waals surface area contributed by atoms with Crippen LogP contribution in [0.5, 0.6) is 0 Å². The van der Waals surface area contributed by atoms with Crippen molar-refractivity contribution < 1.29 is 14.6 Å². The van der Waals surface area contributed by atoms with Crippen molar-refractivity contribution in [3.8, 4) is 0 Å². The van der Waals surface area contributed by atoms with Gasteiger partial charge in [-0.1, -0.05) is 0 Å². The summed E-state index contributed by atoms with van der Waals surface area (Å²) in [5.74, 6) is -0.603. The molecule has 0 saturated heterocycles. The second-order valence-corrected chi connectivity index (χ2v) is 1.70. The predicted molar refractivity (Wildman–Crippen MR) is 28.7 cm³/mol. The number of carbonyl (C=O) groups is 1. The first-order valence-electron chi connectivity index (χ1n) is 2.05. The molecule has 48 valence electrons. The first kappa shape index (κ1) is 7.72. The number of rotatable bonds is 2. The topological polar surface area (TPSA) is 46.5 Å². The minimum atomic E-state index is -0.917. The van der Waals surface area contributed by atoms with Gasteiger partial charge in [0, 0.05) is 0 Å². The van der Waals surface area contributed by atoms with Crippen LogP contribution in [0.15, 0.2) is 0 Å². The Labute approximate surface area is 52.2 Å². The highest BCUT2D eigenvalue weighted by Crippen LogP contribution is 1.94. The van der Waals surface area contributed by atoms with Crippen molar-refractivity contribution in [3.05, 3.63) is 0 Å². The molecule has 0 aromatic rings. The van der Waals surface area contributed by atoms with Crippen LogP contribution in [0.4, 0.5) is 0 Å². The molecular weight excluding hydrogens is 131 g/mol. The Morgan fingerprint density at radius 3 is 2.62 bits per heavy atom. The first-order chi connectivity index (χ1) is 3.72. The number of halogens is 1. The Morgan fingerprint density at radius 2 is 2.50 bits per heavy atom. The maximum Gasteiger partial charge on any atom is 0.326 e. The van der Waals surface area contributed by atoms with Gasteiger partial charge in [-0.2, -0.15) is 0 Å². The normalized spacial score (nSPS) is 12.9. The van der Waals surface area contributed by atoms with Gasteiger partial charge in [0.1, 0.15) is 0 Å². The summed E-state index contributed by atoms with van der Waals surface area (Å²) in [6, 6.07) is 0. The lowest BCUT2D eigenvalue weighted by Gasteiger charge is -1.99. The summed E-state index contributed by atoms with van der Waals surface area (Å²) in [4.78, 5) is 10.2. The van der Waals surface area contributed by atoms with Crippen molar-refractivity contribution in [1.29, 1.82) is 0 Å². The number of hydrogen-bond donors (Lipinski definition) is 1. The molecule has 4 heteroatoms. The molecule has 0 amide bonds. The monoisotopic (exact) mass is 138 g/mol. The van der Waals surface area contributed by atoms with E-state index in [1.807, 2.05) is 0 Å². The summed E-state index contributed by atoms with van der Waals surface area (Å²) in [6.07, 6.45) is 0. The third kappa shape index (κ3) is 2.14. The molecule has 8 heavy (non-hydrogen) atoms. The molecule has 0 aliphatic rings. The van der Waals surface area contributed by atoms with Gasteiger partial charge >= 0.3 is 5.97 Å². The van der Waals surface area contributed by atoms with E-state index < -0.39 is 11.3 Å². The Hall–Kier alpha value is -0.280. The van der Waals surface area contributed by atoms with Gasteiger partial charge in [-0.15, -0.1) is 11.6 Å². The zero-order chi connectivity index (χ0) is 6.57. The second-order valence-electron chi connectivity index (χ2n) is 1.17. The summed E-state index contributed by atoms with van der Waals surface area (Å²) in [5, 5.41) is 7.29. The van der Waals surface area contributed by atoms with Crippen molar-refractivity contribution in [3.63, 3.8) is 0 Å². The highest BCUT2D eigenvalue weighted by Gasteiger charge is 2.12. The highest BCUT2D eigenvalue weighted by molar-refractivity contribution is 6.30. The van der Waals surface area contributed by atoms with Crippen LogP contribution in [0.2, 0.25) is 0 Å². The molecular formula is C4H7ClO3. The largest absolute Gasteiger partial charge is 0.468 e. The number of esters is 1. The smallest absolute Gasteiger partial charge is 0.326 e. The van der Waals surface area contributed by atoms with Gasteiger partial charge in [0.15, 0.2) is 5.38 Å². The van der Waals surface area contributed by atoms with Crippen LogP contribution in [0.25, 0.3) is 0 Å². The van der Waals surface area contributed by atoms with Crippen LogP contribution in [0, 0.1) is 0 Å². The third-order valence-corrected chi connectivity index (χ3v) is 0.933. The van der Waals surface area contributed by atoms with Crippen LogP contribution < -0.4 is 0 Å². The van der Waals surface area contributed by atoms with Crippen molar-refractivity contribution in [2.24, 2.45) is 0 Å². The molecule has 1 N–H and O–H groups in total. The molecule has 0 aliphatic carbocycles. The molecule has 0 bridgehead atoms. The molecule has 0 fully saturated rings. The van der Waals surface area contributed by atoms with Crippen molar-refractivity contribution >= 4 is 17.6 Å². The van der Waals surface area contributed by atoms with E-state index in [2.05, 4.69) is 4.74 Å². The molecule has 0 radical (unpaired) electrons. The fraction of sp³-hybridized carbons (Fsp3) is 0.750. The summed E-state index contributed by atoms with van der Waals surface area (Å²) < 4.78 is 4.17. The number of alkyl halides is 1. The predicted octanol–water partition coefficient (Wildman–Crippen LogP) is -0.241. The highest BCUT2D eigenvalue weighted by atomic mass is 35.5. The number of ether oxygens (including phenoxy) is 1. The van der Waals surface area contributed by atoms with E-state index in [-0.39, 0.29) is 6.61 Å². The van der Waals surface area contributed by atoms with E-state index >= 15 is 0 Å². The molecule has 0 rings (SSSR count). The van der Waals surface area contributed by atoms with Crippen molar-refractivity contribution in [1.82, 2.24) is 0 Å². The van der Waals surface area contributed by atoms with Gasteiger partial charge < -0.3 is 9.84 Å². The third-order valence-electron chi connectivity index (χ3n) is 0.617. The average Bonchev–Trinajstić information content (AvgIpc) is 1.84. The molecule has 0 saturated carbocycles. The van der Waals surface area contributed by atoms with E-state index in [0.29, 0.717) is 0 Å². The van der Waals surface area contributed by atoms with Gasteiger partial charge in [0.05, 0.1) is 13.7 Å². The Bertz CT molecular complexity index is 83.4. The number of methoxy groups -OCH3 is 1. The SMILES string of the molecule is COC(=O)[C@@H](Cl)CO. The summed E-state index contributed by atoms with van der Waals surface area (Å²) in [5.41, 5.74) is 0. The number of carbonyl (C=O) groups excluding carboxylic acids is 1. The summed E-state index contributed by atoms with van der Waals surface area (Å²) >= 11 is 5.19. The molecule has 0 unspecified atom stereocenters. The minimum absolute atomic E-state index is 0.381. The van der Waals surface area contributed by atoms with Crippen LogP contribution in [0.3, 0.4) is 0 Å². The molecule has 3 nitrogen and oxygen atoms in total. The van der Waals surface area contributed by atoms with Gasteiger partial charge in [-0.05, 0) is 0 Å². The molecule has 0 aliphatic heterocycles. The van der Waals surface area contributed by atoms with Crippen LogP contribution in [-0.4, -0.2) is 30.2 Å². The van der Waals surface area contributed by atoms with Gasteiger partial charge in [0.2, 0.25) is 0 Å². The molecule has 0 spiro atoms. The van der Waals surface area contributed by atoms with E-state index in [0.717, 1.165) is 0 Å². The summed E-state index contributed by atoms with van der Waals surface area (Å²) in [6.45, 7) is -0.381. The number of hydrogen-bond acceptors (Lipinski definition) is 3. The van der Waals surface area contributed by atoms with Gasteiger partial charge in [-0.3, -0.25) is 4.79 Å². The molecule has 0 aromatic heterocycles. The van der Waals surface area contributed by atoms with E-state index in [1.165, 1.54) is 7.11 Å². The van der Waals surface area contributed by atoms with E-state index in [4.69, 9.17) is 16.7 Å². The Balaban J connectivity index is 3.46. The van der Waals surface area contributed by atoms with Crippen molar-refractivity contribution in [2.45, 2.75) is 5.38 Å². The van der Waals surface area contributed by atoms with Gasteiger partial charge in [-0.25, -0.2) is 0 Å². The zero-order valence-corrected chi connectivity index (χ0v) is 5.18. The maximum absolute atomic E-state index is 10.2. The standard InChI is InChI=1S/C4H7ClO3/c1-8-4(7)3(5)2-6/h3,6H,2H2,1H3/t3-/m0/s1. The lowest BCUT2D eigenvalue weighted by molar-refractivity contribution is -0.140. The first-order valence-corrected chi connectivity index (χ1v) is 2.48. The summed E-state index contributed by atoms with van der Waals surface area (Å²) in [7, 11) is 1.22. The fourth-order valence-corrected chi connectivity index (χ4v) is 0.291. The minimum Gasteiger partial charge on any atom is -0.468 e. The molecule has 0 heterocycles. The number of aliphatic hydroxyl groups excluding tert-OH is 1. The Kier molecular flexibility index (Phi) is 3.56. The van der Waals surface area contributed by atoms with Crippen LogP contribution in [0.1, 0.15) is 0 Å². The lowest BCUT2D eigenvalue weighted by atomic mass is 10.5. The quantitative estimate of drug-likeness (QED) is 0.423. The average molecular weight is 139 g/mol.